The highest BCUT2D eigenvalue weighted by atomic mass is 19.2. The lowest BCUT2D eigenvalue weighted by molar-refractivity contribution is 0.617. The smallest absolute Gasteiger partial charge is 0.325 e. The molecule has 57 valence electrons. The van der Waals surface area contributed by atoms with Crippen LogP contribution in [-0.2, 0) is 0 Å². The van der Waals surface area contributed by atoms with Gasteiger partial charge in [0, 0.05) is 0 Å². The van der Waals surface area contributed by atoms with Gasteiger partial charge in [-0.15, -0.1) is 0 Å². The second-order valence-electron chi connectivity index (χ2n) is 2.19. The van der Waals surface area contributed by atoms with E-state index < -0.39 is 13.2 Å². The molecule has 0 saturated carbocycles. The number of halogens is 2. The summed E-state index contributed by atoms with van der Waals surface area (Å²) in [7, 11) is -2.50. The fraction of sp³-hybridized carbons (Fsp3) is 0.143. The molecule has 0 saturated heterocycles. The van der Waals surface area contributed by atoms with Gasteiger partial charge in [-0.2, -0.15) is 0 Å². The summed E-state index contributed by atoms with van der Waals surface area (Å²) in [6.45, 7) is 0. The van der Waals surface area contributed by atoms with E-state index in [1.807, 2.05) is 0 Å². The molecule has 0 aromatic heterocycles. The number of benzene rings is 1. The highest BCUT2D eigenvalue weighted by Crippen LogP contribution is 2.13. The Balaban J connectivity index is 2.77. The van der Waals surface area contributed by atoms with E-state index in [1.165, 1.54) is 12.1 Å². The fourth-order valence-electron chi connectivity index (χ4n) is 0.767. The third kappa shape index (κ3) is 2.01. The second kappa shape index (κ2) is 3.48. The molecule has 1 aromatic carbocycles. The van der Waals surface area contributed by atoms with E-state index in [4.69, 9.17) is 5.73 Å². The minimum Gasteiger partial charge on any atom is -0.325 e. The van der Waals surface area contributed by atoms with Crippen LogP contribution in [0.1, 0.15) is 11.5 Å². The van der Waals surface area contributed by atoms with Crippen molar-refractivity contribution < 1.29 is 8.63 Å². The monoisotopic (exact) mass is 154 g/mol. The van der Waals surface area contributed by atoms with Crippen molar-refractivity contribution >= 4 is 7.27 Å². The van der Waals surface area contributed by atoms with Crippen molar-refractivity contribution in [1.29, 1.82) is 0 Å². The zero-order valence-corrected chi connectivity index (χ0v) is 5.80. The molecule has 1 unspecified atom stereocenters. The van der Waals surface area contributed by atoms with E-state index in [-0.39, 0.29) is 0 Å². The molecule has 0 spiro atoms. The highest BCUT2D eigenvalue weighted by Gasteiger charge is 2.24. The Kier molecular flexibility index (Phi) is 2.60. The summed E-state index contributed by atoms with van der Waals surface area (Å²) in [5, 5.41) is 0. The predicted octanol–water partition coefficient (Wildman–Crippen LogP) is 1.45. The highest BCUT2D eigenvalue weighted by molar-refractivity contribution is 6.44. The zero-order valence-electron chi connectivity index (χ0n) is 5.80. The lowest BCUT2D eigenvalue weighted by atomic mass is 9.81. The summed E-state index contributed by atoms with van der Waals surface area (Å²) in [5.74, 6) is -1.18. The molecule has 4 heteroatoms. The molecule has 1 aromatic rings. The normalized spacial score (nSPS) is 12.6. The third-order valence-corrected chi connectivity index (χ3v) is 1.40. The van der Waals surface area contributed by atoms with Crippen LogP contribution in [0.25, 0.3) is 0 Å². The maximum Gasteiger partial charge on any atom is 0.558 e. The molecule has 0 aliphatic carbocycles. The Labute approximate surface area is 64.4 Å². The quantitative estimate of drug-likeness (QED) is 0.641. The maximum absolute atomic E-state index is 12.0. The summed E-state index contributed by atoms with van der Waals surface area (Å²) in [6.07, 6.45) is 0. The van der Waals surface area contributed by atoms with Crippen LogP contribution >= 0.6 is 0 Å². The van der Waals surface area contributed by atoms with Crippen molar-refractivity contribution in [2.45, 2.75) is 5.94 Å². The summed E-state index contributed by atoms with van der Waals surface area (Å²) >= 11 is 0. The first-order valence-corrected chi connectivity index (χ1v) is 3.21. The molecular formula is C7H7BF2N. The van der Waals surface area contributed by atoms with Gasteiger partial charge in [0.05, 0.1) is 5.94 Å². The molecule has 1 radical (unpaired) electrons. The third-order valence-electron chi connectivity index (χ3n) is 1.40. The lowest BCUT2D eigenvalue weighted by Crippen LogP contribution is -2.22. The molecule has 1 nitrogen and oxygen atoms in total. The Morgan fingerprint density at radius 1 is 1.36 bits per heavy atom. The number of hydrogen-bond donors (Lipinski definition) is 1. The van der Waals surface area contributed by atoms with Crippen LogP contribution in [0.15, 0.2) is 24.3 Å². The first kappa shape index (κ1) is 8.20. The maximum atomic E-state index is 12.0. The average molecular weight is 154 g/mol. The van der Waals surface area contributed by atoms with Crippen LogP contribution in [0.2, 0.25) is 0 Å². The van der Waals surface area contributed by atoms with Crippen LogP contribution < -0.4 is 5.73 Å². The molecule has 0 aliphatic heterocycles. The van der Waals surface area contributed by atoms with Crippen LogP contribution in [0.5, 0.6) is 0 Å². The van der Waals surface area contributed by atoms with Crippen LogP contribution in [0.4, 0.5) is 8.63 Å². The minimum absolute atomic E-state index is 0.443. The number of nitrogens with two attached hydrogens (primary N) is 1. The average Bonchev–Trinajstić information content (AvgIpc) is 2.05. The summed E-state index contributed by atoms with van der Waals surface area (Å²) in [4.78, 5) is 0. The van der Waals surface area contributed by atoms with Gasteiger partial charge >= 0.3 is 7.27 Å². The molecule has 0 fully saturated rings. The molecule has 2 N–H and O–H groups in total. The Morgan fingerprint density at radius 2 is 1.91 bits per heavy atom. The summed E-state index contributed by atoms with van der Waals surface area (Å²) in [5.41, 5.74) is 5.62. The molecule has 0 heterocycles. The largest absolute Gasteiger partial charge is 0.558 e. The second-order valence-corrected chi connectivity index (χ2v) is 2.19. The number of rotatable bonds is 2. The van der Waals surface area contributed by atoms with Crippen molar-refractivity contribution in [3.63, 3.8) is 0 Å². The van der Waals surface area contributed by atoms with Gasteiger partial charge in [0.25, 0.3) is 0 Å². The first-order chi connectivity index (χ1) is 5.22. The molecule has 1 rings (SSSR count). The van der Waals surface area contributed by atoms with E-state index in [1.54, 1.807) is 12.1 Å². The first-order valence-electron chi connectivity index (χ1n) is 3.21. The van der Waals surface area contributed by atoms with E-state index >= 15 is 0 Å². The van der Waals surface area contributed by atoms with Crippen molar-refractivity contribution in [1.82, 2.24) is 0 Å². The summed E-state index contributed by atoms with van der Waals surface area (Å²) in [6, 6.07) is 8.94. The van der Waals surface area contributed by atoms with E-state index in [2.05, 4.69) is 6.07 Å². The van der Waals surface area contributed by atoms with Gasteiger partial charge in [-0.25, -0.2) is 0 Å². The van der Waals surface area contributed by atoms with Crippen molar-refractivity contribution in [3.05, 3.63) is 35.9 Å². The van der Waals surface area contributed by atoms with Crippen molar-refractivity contribution in [3.8, 4) is 0 Å². The lowest BCUT2D eigenvalue weighted by Gasteiger charge is -2.06. The van der Waals surface area contributed by atoms with Crippen molar-refractivity contribution in [2.24, 2.45) is 5.73 Å². The molecule has 1 atom stereocenters. The van der Waals surface area contributed by atoms with Gasteiger partial charge in [0.15, 0.2) is 0 Å². The molecule has 0 amide bonds. The zero-order chi connectivity index (χ0) is 8.27. The van der Waals surface area contributed by atoms with E-state index in [0.717, 1.165) is 0 Å². The Hall–Kier alpha value is -0.895. The van der Waals surface area contributed by atoms with E-state index in [0.29, 0.717) is 5.56 Å². The number of hydrogen-bond acceptors (Lipinski definition) is 1. The van der Waals surface area contributed by atoms with Gasteiger partial charge in [-0.05, 0) is 11.6 Å². The van der Waals surface area contributed by atoms with Crippen molar-refractivity contribution in [2.75, 3.05) is 0 Å². The predicted molar refractivity (Wildman–Crippen MR) is 40.2 cm³/mol. The Morgan fingerprint density at radius 3 is 2.36 bits per heavy atom. The molecule has 0 bridgehead atoms. The molecule has 11 heavy (non-hydrogen) atoms. The summed E-state index contributed by atoms with van der Waals surface area (Å²) < 4.78 is 24.0. The van der Waals surface area contributed by atoms with Crippen LogP contribution in [0, 0.1) is 6.07 Å². The van der Waals surface area contributed by atoms with Crippen LogP contribution in [0.3, 0.4) is 0 Å². The standard InChI is InChI=1S/C7H7BF2N/c9-8(10)7(11)6-4-2-1-3-5-6/h2-5,7H,11H2. The topological polar surface area (TPSA) is 26.0 Å². The Bertz CT molecular complexity index is 215. The van der Waals surface area contributed by atoms with Gasteiger partial charge in [-0.3, -0.25) is 8.63 Å². The van der Waals surface area contributed by atoms with Gasteiger partial charge in [-0.1, -0.05) is 24.3 Å². The van der Waals surface area contributed by atoms with E-state index in [9.17, 15) is 8.63 Å². The fourth-order valence-corrected chi connectivity index (χ4v) is 0.767. The molecule has 0 aliphatic rings. The SMILES string of the molecule is NC(B(F)F)c1cc[c]cc1. The minimum atomic E-state index is -2.50. The van der Waals surface area contributed by atoms with Crippen LogP contribution in [-0.4, -0.2) is 7.27 Å². The van der Waals surface area contributed by atoms with Gasteiger partial charge in [0.1, 0.15) is 0 Å². The molecular weight excluding hydrogens is 147 g/mol. The van der Waals surface area contributed by atoms with Gasteiger partial charge < -0.3 is 5.73 Å². The van der Waals surface area contributed by atoms with Gasteiger partial charge in [0.2, 0.25) is 0 Å².